The number of carbonyl (C=O) groups excluding carboxylic acids is 2. The fourth-order valence-corrected chi connectivity index (χ4v) is 4.76. The average molecular weight is 499 g/mol. The Morgan fingerprint density at radius 3 is 2.39 bits per heavy atom. The minimum Gasteiger partial charge on any atom is -0.443 e. The molecule has 2 amide bonds. The lowest BCUT2D eigenvalue weighted by molar-refractivity contribution is 0.0330. The molecule has 0 unspecified atom stereocenters. The summed E-state index contributed by atoms with van der Waals surface area (Å²) in [6, 6.07) is 1.87. The van der Waals surface area contributed by atoms with Gasteiger partial charge in [-0.2, -0.15) is 9.61 Å². The van der Waals surface area contributed by atoms with Crippen molar-refractivity contribution in [1.29, 1.82) is 0 Å². The van der Waals surface area contributed by atoms with Crippen LogP contribution in [0.3, 0.4) is 0 Å². The number of likely N-dealkylation sites (tertiary alicyclic amines) is 1. The second kappa shape index (κ2) is 9.53. The molecule has 3 fully saturated rings. The zero-order valence-corrected chi connectivity index (χ0v) is 22.0. The normalized spacial score (nSPS) is 19.4. The van der Waals surface area contributed by atoms with E-state index in [2.05, 4.69) is 24.3 Å². The summed E-state index contributed by atoms with van der Waals surface area (Å²) in [5.41, 5.74) is 2.22. The SMILES string of the molecule is CC(C)c1cnn2c(N(C(=O)OC(C)(C)C)C3CCN(C(=O)OC4CNC4)CC3)cc(C3CC3)nc12. The molecule has 1 aliphatic carbocycles. The zero-order valence-electron chi connectivity index (χ0n) is 22.0. The molecule has 10 heteroatoms. The van der Waals surface area contributed by atoms with Crippen LogP contribution in [0.5, 0.6) is 0 Å². The van der Waals surface area contributed by atoms with E-state index < -0.39 is 11.7 Å². The van der Waals surface area contributed by atoms with Gasteiger partial charge in [0.1, 0.15) is 17.5 Å². The first kappa shape index (κ1) is 24.8. The van der Waals surface area contributed by atoms with Crippen molar-refractivity contribution in [2.45, 2.75) is 89.9 Å². The van der Waals surface area contributed by atoms with Crippen LogP contribution in [0.4, 0.5) is 15.4 Å². The molecule has 2 aromatic rings. The van der Waals surface area contributed by atoms with Crippen molar-refractivity contribution in [3.8, 4) is 0 Å². The Bertz CT molecular complexity index is 1120. The largest absolute Gasteiger partial charge is 0.443 e. The zero-order chi connectivity index (χ0) is 25.6. The molecule has 3 aliphatic rings. The Labute approximate surface area is 212 Å². The van der Waals surface area contributed by atoms with Gasteiger partial charge in [0.25, 0.3) is 0 Å². The van der Waals surface area contributed by atoms with Crippen LogP contribution in [0.1, 0.15) is 83.4 Å². The maximum Gasteiger partial charge on any atom is 0.416 e. The van der Waals surface area contributed by atoms with Crippen molar-refractivity contribution in [1.82, 2.24) is 24.8 Å². The summed E-state index contributed by atoms with van der Waals surface area (Å²) in [4.78, 5) is 34.7. The lowest BCUT2D eigenvalue weighted by atomic mass is 10.0. The van der Waals surface area contributed by atoms with Gasteiger partial charge in [-0.15, -0.1) is 0 Å². The van der Waals surface area contributed by atoms with E-state index in [0.29, 0.717) is 50.8 Å². The summed E-state index contributed by atoms with van der Waals surface area (Å²) in [6.07, 6.45) is 4.59. The number of rotatable bonds is 5. The first-order chi connectivity index (χ1) is 17.1. The van der Waals surface area contributed by atoms with E-state index in [4.69, 9.17) is 14.5 Å². The van der Waals surface area contributed by atoms with Crippen molar-refractivity contribution in [3.05, 3.63) is 23.5 Å². The molecule has 5 rings (SSSR count). The molecule has 0 atom stereocenters. The molecule has 0 spiro atoms. The number of nitrogens with zero attached hydrogens (tertiary/aromatic N) is 5. The number of piperidine rings is 1. The van der Waals surface area contributed by atoms with Crippen LogP contribution in [0.25, 0.3) is 5.65 Å². The Balaban J connectivity index is 1.46. The molecule has 196 valence electrons. The first-order valence-corrected chi connectivity index (χ1v) is 13.2. The fraction of sp³-hybridized carbons (Fsp3) is 0.692. The highest BCUT2D eigenvalue weighted by Gasteiger charge is 2.37. The minimum absolute atomic E-state index is 0.0469. The van der Waals surface area contributed by atoms with Crippen LogP contribution in [0, 0.1) is 0 Å². The fourth-order valence-electron chi connectivity index (χ4n) is 4.76. The number of hydrogen-bond donors (Lipinski definition) is 1. The molecule has 1 N–H and O–H groups in total. The van der Waals surface area contributed by atoms with E-state index in [1.807, 2.05) is 33.0 Å². The van der Waals surface area contributed by atoms with Gasteiger partial charge in [0.05, 0.1) is 6.20 Å². The topological polar surface area (TPSA) is 101 Å². The smallest absolute Gasteiger partial charge is 0.416 e. The lowest BCUT2D eigenvalue weighted by Crippen LogP contribution is -2.54. The number of amides is 2. The molecular weight excluding hydrogens is 460 g/mol. The summed E-state index contributed by atoms with van der Waals surface area (Å²) < 4.78 is 13.2. The summed E-state index contributed by atoms with van der Waals surface area (Å²) in [5, 5.41) is 7.77. The third-order valence-corrected chi connectivity index (χ3v) is 7.05. The molecule has 4 heterocycles. The van der Waals surface area contributed by atoms with Gasteiger partial charge in [-0.3, -0.25) is 4.90 Å². The van der Waals surface area contributed by atoms with Gasteiger partial charge in [-0.05, 0) is 52.4 Å². The number of anilines is 1. The third kappa shape index (κ3) is 5.14. The predicted molar refractivity (Wildman–Crippen MR) is 135 cm³/mol. The van der Waals surface area contributed by atoms with Gasteiger partial charge in [0.2, 0.25) is 0 Å². The van der Waals surface area contributed by atoms with Gasteiger partial charge in [0.15, 0.2) is 5.65 Å². The summed E-state index contributed by atoms with van der Waals surface area (Å²) in [7, 11) is 0. The van der Waals surface area contributed by atoms with E-state index in [-0.39, 0.29) is 24.2 Å². The Kier molecular flexibility index (Phi) is 6.57. The number of hydrogen-bond acceptors (Lipinski definition) is 7. The second-order valence-corrected chi connectivity index (χ2v) is 11.5. The van der Waals surface area contributed by atoms with Crippen molar-refractivity contribution in [2.75, 3.05) is 31.1 Å². The van der Waals surface area contributed by atoms with E-state index in [0.717, 1.165) is 29.7 Å². The number of aromatic nitrogens is 3. The second-order valence-electron chi connectivity index (χ2n) is 11.5. The van der Waals surface area contributed by atoms with Crippen molar-refractivity contribution < 1.29 is 19.1 Å². The Morgan fingerprint density at radius 1 is 1.14 bits per heavy atom. The van der Waals surface area contributed by atoms with Crippen molar-refractivity contribution >= 4 is 23.7 Å². The first-order valence-electron chi connectivity index (χ1n) is 13.2. The van der Waals surface area contributed by atoms with Gasteiger partial charge >= 0.3 is 12.2 Å². The van der Waals surface area contributed by atoms with Crippen LogP contribution in [0.2, 0.25) is 0 Å². The van der Waals surface area contributed by atoms with E-state index >= 15 is 0 Å². The minimum atomic E-state index is -0.644. The molecular formula is C26H38N6O4. The molecule has 0 radical (unpaired) electrons. The summed E-state index contributed by atoms with van der Waals surface area (Å²) in [6.45, 7) is 12.3. The van der Waals surface area contributed by atoms with Gasteiger partial charge < -0.3 is 19.7 Å². The molecule has 0 aromatic carbocycles. The van der Waals surface area contributed by atoms with E-state index in [1.165, 1.54) is 0 Å². The van der Waals surface area contributed by atoms with Gasteiger partial charge in [0, 0.05) is 55.5 Å². The highest BCUT2D eigenvalue weighted by Crippen LogP contribution is 2.41. The maximum absolute atomic E-state index is 13.7. The molecule has 10 nitrogen and oxygen atoms in total. The number of nitrogens with one attached hydrogen (secondary N) is 1. The summed E-state index contributed by atoms with van der Waals surface area (Å²) in [5.74, 6) is 1.36. The quantitative estimate of drug-likeness (QED) is 0.664. The maximum atomic E-state index is 13.7. The standard InChI is InChI=1S/C26H38N6O4/c1-16(2)20-15-28-32-22(12-21(17-6-7-17)29-23(20)32)31(25(34)36-26(3,4)5)18-8-10-30(11-9-18)24(33)35-19-13-27-14-19/h12,15-19,27H,6-11,13-14H2,1-5H3. The van der Waals surface area contributed by atoms with E-state index in [9.17, 15) is 9.59 Å². The monoisotopic (exact) mass is 498 g/mol. The average Bonchev–Trinajstić information content (AvgIpc) is 3.54. The molecule has 2 saturated heterocycles. The third-order valence-electron chi connectivity index (χ3n) is 7.05. The lowest BCUT2D eigenvalue weighted by Gasteiger charge is -2.39. The van der Waals surface area contributed by atoms with Crippen LogP contribution >= 0.6 is 0 Å². The Morgan fingerprint density at radius 2 is 1.83 bits per heavy atom. The van der Waals surface area contributed by atoms with Crippen LogP contribution in [0.15, 0.2) is 12.3 Å². The van der Waals surface area contributed by atoms with Gasteiger partial charge in [-0.25, -0.2) is 14.6 Å². The van der Waals surface area contributed by atoms with E-state index in [1.54, 1.807) is 14.3 Å². The predicted octanol–water partition coefficient (Wildman–Crippen LogP) is 4.04. The van der Waals surface area contributed by atoms with Crippen LogP contribution in [-0.4, -0.2) is 75.6 Å². The number of fused-ring (bicyclic) bond motifs is 1. The molecule has 1 saturated carbocycles. The molecule has 36 heavy (non-hydrogen) atoms. The van der Waals surface area contributed by atoms with Crippen LogP contribution < -0.4 is 10.2 Å². The summed E-state index contributed by atoms with van der Waals surface area (Å²) >= 11 is 0. The Hall–Kier alpha value is -2.88. The highest BCUT2D eigenvalue weighted by atomic mass is 16.6. The highest BCUT2D eigenvalue weighted by molar-refractivity contribution is 5.88. The molecule has 2 aromatic heterocycles. The van der Waals surface area contributed by atoms with Gasteiger partial charge in [-0.1, -0.05) is 13.8 Å². The molecule has 2 aliphatic heterocycles. The number of ether oxygens (including phenoxy) is 2. The number of carbonyl (C=O) groups is 2. The molecule has 0 bridgehead atoms. The van der Waals surface area contributed by atoms with Crippen LogP contribution in [-0.2, 0) is 9.47 Å². The van der Waals surface area contributed by atoms with Crippen molar-refractivity contribution in [2.24, 2.45) is 0 Å². The van der Waals surface area contributed by atoms with Crippen molar-refractivity contribution in [3.63, 3.8) is 0 Å².